The standard InChI is InChI=1S/C23H31N5O2/c1-3-26(4-2)10-11-27-12-14-28(15-13-27)22-18-24-17-21(25-22)20-7-5-6-19(16-20)8-9-23(29)30/h5-9,16-18H,3-4,10-15H2,1-2H3,(H,29,30)/b9-8+. The minimum Gasteiger partial charge on any atom is -0.478 e. The zero-order valence-corrected chi connectivity index (χ0v) is 17.9. The highest BCUT2D eigenvalue weighted by Gasteiger charge is 2.19. The van der Waals surface area contributed by atoms with E-state index in [9.17, 15) is 4.79 Å². The molecule has 1 aliphatic heterocycles. The largest absolute Gasteiger partial charge is 0.478 e. The molecule has 0 spiro atoms. The second kappa shape index (κ2) is 10.8. The number of nitrogens with zero attached hydrogens (tertiary/aromatic N) is 5. The molecule has 30 heavy (non-hydrogen) atoms. The molecular formula is C23H31N5O2. The zero-order valence-electron chi connectivity index (χ0n) is 17.9. The number of hydrogen-bond donors (Lipinski definition) is 1. The van der Waals surface area contributed by atoms with E-state index in [2.05, 4.69) is 33.5 Å². The minimum absolute atomic E-state index is 0.794. The first-order valence-corrected chi connectivity index (χ1v) is 10.6. The smallest absolute Gasteiger partial charge is 0.328 e. The fourth-order valence-corrected chi connectivity index (χ4v) is 3.64. The number of benzene rings is 1. The first kappa shape index (κ1) is 21.9. The summed E-state index contributed by atoms with van der Waals surface area (Å²) in [6.07, 6.45) is 6.30. The fraction of sp³-hybridized carbons (Fsp3) is 0.435. The van der Waals surface area contributed by atoms with Gasteiger partial charge in [0.1, 0.15) is 5.82 Å². The van der Waals surface area contributed by atoms with Gasteiger partial charge in [-0.15, -0.1) is 0 Å². The van der Waals surface area contributed by atoms with E-state index in [1.54, 1.807) is 12.3 Å². The third-order valence-corrected chi connectivity index (χ3v) is 5.55. The Kier molecular flexibility index (Phi) is 7.93. The van der Waals surface area contributed by atoms with Crippen LogP contribution in [0.5, 0.6) is 0 Å². The predicted octanol–water partition coefficient (Wildman–Crippen LogP) is 2.71. The molecule has 1 aliphatic rings. The van der Waals surface area contributed by atoms with Crippen molar-refractivity contribution in [2.45, 2.75) is 13.8 Å². The summed E-state index contributed by atoms with van der Waals surface area (Å²) in [5.41, 5.74) is 2.54. The van der Waals surface area contributed by atoms with Gasteiger partial charge in [0.2, 0.25) is 0 Å². The molecule has 3 rings (SSSR count). The molecule has 1 fully saturated rings. The maximum atomic E-state index is 10.8. The molecule has 7 heteroatoms. The summed E-state index contributed by atoms with van der Waals surface area (Å²) in [4.78, 5) is 27.3. The molecule has 160 valence electrons. The summed E-state index contributed by atoms with van der Waals surface area (Å²) in [6, 6.07) is 7.67. The van der Waals surface area contributed by atoms with Gasteiger partial charge in [0.25, 0.3) is 0 Å². The molecule has 0 unspecified atom stereocenters. The van der Waals surface area contributed by atoms with Crippen LogP contribution >= 0.6 is 0 Å². The Morgan fingerprint density at radius 2 is 1.93 bits per heavy atom. The Labute approximate surface area is 178 Å². The van der Waals surface area contributed by atoms with Gasteiger partial charge in [0, 0.05) is 50.9 Å². The molecule has 0 bridgehead atoms. The van der Waals surface area contributed by atoms with Crippen molar-refractivity contribution in [1.82, 2.24) is 19.8 Å². The van der Waals surface area contributed by atoms with Crippen molar-refractivity contribution in [1.29, 1.82) is 0 Å². The van der Waals surface area contributed by atoms with E-state index >= 15 is 0 Å². The van der Waals surface area contributed by atoms with E-state index in [0.29, 0.717) is 0 Å². The summed E-state index contributed by atoms with van der Waals surface area (Å²) in [6.45, 7) is 12.8. The number of carboxylic acid groups (broad SMARTS) is 1. The van der Waals surface area contributed by atoms with Crippen molar-refractivity contribution in [3.8, 4) is 11.3 Å². The van der Waals surface area contributed by atoms with Crippen LogP contribution in [0.2, 0.25) is 0 Å². The van der Waals surface area contributed by atoms with Gasteiger partial charge >= 0.3 is 5.97 Å². The van der Waals surface area contributed by atoms with Crippen molar-refractivity contribution in [3.63, 3.8) is 0 Å². The molecule has 1 saturated heterocycles. The highest BCUT2D eigenvalue weighted by atomic mass is 16.4. The third-order valence-electron chi connectivity index (χ3n) is 5.55. The number of aliphatic carboxylic acids is 1. The van der Waals surface area contributed by atoms with Crippen LogP contribution in [0, 0.1) is 0 Å². The lowest BCUT2D eigenvalue weighted by Crippen LogP contribution is -2.48. The Morgan fingerprint density at radius 1 is 1.17 bits per heavy atom. The van der Waals surface area contributed by atoms with Gasteiger partial charge < -0.3 is 14.9 Å². The van der Waals surface area contributed by atoms with Crippen molar-refractivity contribution in [2.24, 2.45) is 0 Å². The molecule has 0 atom stereocenters. The summed E-state index contributed by atoms with van der Waals surface area (Å²) in [7, 11) is 0. The lowest BCUT2D eigenvalue weighted by atomic mass is 10.1. The van der Waals surface area contributed by atoms with Crippen LogP contribution < -0.4 is 4.90 Å². The lowest BCUT2D eigenvalue weighted by Gasteiger charge is -2.36. The predicted molar refractivity (Wildman–Crippen MR) is 121 cm³/mol. The first-order chi connectivity index (χ1) is 14.6. The molecule has 7 nitrogen and oxygen atoms in total. The number of aromatic nitrogens is 2. The number of piperazine rings is 1. The number of hydrogen-bond acceptors (Lipinski definition) is 6. The van der Waals surface area contributed by atoms with Crippen LogP contribution in [0.3, 0.4) is 0 Å². The number of likely N-dealkylation sites (N-methyl/N-ethyl adjacent to an activating group) is 1. The monoisotopic (exact) mass is 409 g/mol. The zero-order chi connectivity index (χ0) is 21.3. The van der Waals surface area contributed by atoms with Crippen molar-refractivity contribution >= 4 is 17.9 Å². The third kappa shape index (κ3) is 6.11. The SMILES string of the molecule is CCN(CC)CCN1CCN(c2cncc(-c3cccc(/C=C/C(=O)O)c3)n2)CC1. The van der Waals surface area contributed by atoms with Gasteiger partial charge in [-0.3, -0.25) is 9.88 Å². The van der Waals surface area contributed by atoms with Gasteiger partial charge in [-0.05, 0) is 30.8 Å². The van der Waals surface area contributed by atoms with E-state index in [0.717, 1.165) is 81.1 Å². The van der Waals surface area contributed by atoms with Crippen molar-refractivity contribution in [3.05, 3.63) is 48.3 Å². The average Bonchev–Trinajstić information content (AvgIpc) is 2.79. The summed E-state index contributed by atoms with van der Waals surface area (Å²) in [5.74, 6) is -0.0687. The van der Waals surface area contributed by atoms with E-state index in [4.69, 9.17) is 10.1 Å². The summed E-state index contributed by atoms with van der Waals surface area (Å²) < 4.78 is 0. The maximum absolute atomic E-state index is 10.8. The van der Waals surface area contributed by atoms with Crippen LogP contribution in [0.1, 0.15) is 19.4 Å². The van der Waals surface area contributed by atoms with Gasteiger partial charge in [-0.2, -0.15) is 0 Å². The molecule has 2 aromatic rings. The van der Waals surface area contributed by atoms with Crippen LogP contribution in [0.4, 0.5) is 5.82 Å². The quantitative estimate of drug-likeness (QED) is 0.639. The molecule has 0 saturated carbocycles. The minimum atomic E-state index is -0.960. The summed E-state index contributed by atoms with van der Waals surface area (Å²) >= 11 is 0. The van der Waals surface area contributed by atoms with Gasteiger partial charge in [0.15, 0.2) is 0 Å². The second-order valence-electron chi connectivity index (χ2n) is 7.42. The Hall–Kier alpha value is -2.77. The van der Waals surface area contributed by atoms with Crippen LogP contribution in [-0.4, -0.2) is 83.2 Å². The normalized spacial score (nSPS) is 15.2. The molecule has 0 radical (unpaired) electrons. The molecule has 1 aromatic heterocycles. The van der Waals surface area contributed by atoms with Crippen molar-refractivity contribution < 1.29 is 9.90 Å². The molecular weight excluding hydrogens is 378 g/mol. The van der Waals surface area contributed by atoms with Crippen LogP contribution in [0.15, 0.2) is 42.7 Å². The highest BCUT2D eigenvalue weighted by Crippen LogP contribution is 2.22. The number of carbonyl (C=O) groups is 1. The Morgan fingerprint density at radius 3 is 2.63 bits per heavy atom. The van der Waals surface area contributed by atoms with E-state index in [-0.39, 0.29) is 0 Å². The fourth-order valence-electron chi connectivity index (χ4n) is 3.64. The second-order valence-corrected chi connectivity index (χ2v) is 7.42. The topological polar surface area (TPSA) is 72.8 Å². The molecule has 1 aromatic carbocycles. The molecule has 1 N–H and O–H groups in total. The van der Waals surface area contributed by atoms with E-state index in [1.807, 2.05) is 30.5 Å². The maximum Gasteiger partial charge on any atom is 0.328 e. The molecule has 0 aliphatic carbocycles. The van der Waals surface area contributed by atoms with Crippen LogP contribution in [-0.2, 0) is 4.79 Å². The Bertz CT molecular complexity index is 858. The number of rotatable bonds is 9. The summed E-state index contributed by atoms with van der Waals surface area (Å²) in [5, 5.41) is 8.83. The van der Waals surface area contributed by atoms with E-state index in [1.165, 1.54) is 0 Å². The van der Waals surface area contributed by atoms with Gasteiger partial charge in [-0.1, -0.05) is 32.0 Å². The van der Waals surface area contributed by atoms with E-state index < -0.39 is 5.97 Å². The van der Waals surface area contributed by atoms with Crippen LogP contribution in [0.25, 0.3) is 17.3 Å². The van der Waals surface area contributed by atoms with Gasteiger partial charge in [-0.25, -0.2) is 9.78 Å². The lowest BCUT2D eigenvalue weighted by molar-refractivity contribution is -0.131. The molecule has 0 amide bonds. The van der Waals surface area contributed by atoms with Crippen molar-refractivity contribution in [2.75, 3.05) is 57.3 Å². The average molecular weight is 410 g/mol. The Balaban J connectivity index is 1.63. The number of anilines is 1. The molecule has 2 heterocycles. The first-order valence-electron chi connectivity index (χ1n) is 10.6. The van der Waals surface area contributed by atoms with Gasteiger partial charge in [0.05, 0.1) is 18.1 Å². The number of carboxylic acids is 1. The highest BCUT2D eigenvalue weighted by molar-refractivity contribution is 5.85.